The first-order chi connectivity index (χ1) is 9.02. The van der Waals surface area contributed by atoms with Crippen molar-refractivity contribution in [1.82, 2.24) is 0 Å². The molecule has 106 valence electrons. The van der Waals surface area contributed by atoms with Gasteiger partial charge in [-0.2, -0.15) is 0 Å². The summed E-state index contributed by atoms with van der Waals surface area (Å²) in [6, 6.07) is 4.85. The Balaban J connectivity index is 2.44. The van der Waals surface area contributed by atoms with Crippen molar-refractivity contribution in [2.45, 2.75) is 26.2 Å². The molecule has 0 heterocycles. The number of anilines is 2. The van der Waals surface area contributed by atoms with Gasteiger partial charge >= 0.3 is 0 Å². The molecule has 0 saturated carbocycles. The minimum Gasteiger partial charge on any atom is -0.399 e. The van der Waals surface area contributed by atoms with E-state index >= 15 is 0 Å². The lowest BCUT2D eigenvalue weighted by Gasteiger charge is -2.07. The van der Waals surface area contributed by atoms with Gasteiger partial charge in [-0.1, -0.05) is 31.4 Å². The number of nitrogens with one attached hydrogen (secondary N) is 1. The number of hydrogen-bond donors (Lipinski definition) is 2. The molecule has 3 N–H and O–H groups in total. The molecule has 19 heavy (non-hydrogen) atoms. The predicted octanol–water partition coefficient (Wildman–Crippen LogP) is 2.80. The summed E-state index contributed by atoms with van der Waals surface area (Å²) in [7, 11) is -1.12. The smallest absolute Gasteiger partial charge is 0.237 e. The minimum absolute atomic E-state index is 0.00438. The van der Waals surface area contributed by atoms with Crippen LogP contribution in [-0.4, -0.2) is 21.6 Å². The zero-order valence-corrected chi connectivity index (χ0v) is 12.5. The normalized spacial score (nSPS) is 12.1. The highest BCUT2D eigenvalue weighted by atomic mass is 35.5. The van der Waals surface area contributed by atoms with Gasteiger partial charge in [-0.15, -0.1) is 0 Å². The van der Waals surface area contributed by atoms with E-state index in [4.69, 9.17) is 17.3 Å². The van der Waals surface area contributed by atoms with Crippen LogP contribution in [0.2, 0.25) is 5.02 Å². The van der Waals surface area contributed by atoms with E-state index in [1.54, 1.807) is 18.2 Å². The largest absolute Gasteiger partial charge is 0.399 e. The number of hydrogen-bond acceptors (Lipinski definition) is 3. The maximum atomic E-state index is 11.7. The molecule has 0 bridgehead atoms. The fourth-order valence-electron chi connectivity index (χ4n) is 1.55. The van der Waals surface area contributed by atoms with Gasteiger partial charge in [0, 0.05) is 22.2 Å². The topological polar surface area (TPSA) is 72.2 Å². The molecule has 1 unspecified atom stereocenters. The summed E-state index contributed by atoms with van der Waals surface area (Å²) in [6.45, 7) is 2.08. The number of carbonyl (C=O) groups excluding carboxylic acids is 1. The Labute approximate surface area is 121 Å². The number of nitrogens with two attached hydrogens (primary N) is 1. The van der Waals surface area contributed by atoms with Gasteiger partial charge in [0.1, 0.15) is 5.75 Å². The highest BCUT2D eigenvalue weighted by Gasteiger charge is 2.10. The fraction of sp³-hybridized carbons (Fsp3) is 0.462. The molecule has 0 saturated heterocycles. The molecule has 1 aromatic carbocycles. The average Bonchev–Trinajstić information content (AvgIpc) is 2.33. The van der Waals surface area contributed by atoms with Gasteiger partial charge in [0.25, 0.3) is 0 Å². The Morgan fingerprint density at radius 3 is 2.79 bits per heavy atom. The summed E-state index contributed by atoms with van der Waals surface area (Å²) < 4.78 is 11.7. The van der Waals surface area contributed by atoms with E-state index in [1.807, 2.05) is 0 Å². The number of halogens is 1. The van der Waals surface area contributed by atoms with E-state index < -0.39 is 10.8 Å². The zero-order chi connectivity index (χ0) is 14.3. The van der Waals surface area contributed by atoms with Crippen LogP contribution in [0.3, 0.4) is 0 Å². The highest BCUT2D eigenvalue weighted by Crippen LogP contribution is 2.23. The Morgan fingerprint density at radius 1 is 1.42 bits per heavy atom. The van der Waals surface area contributed by atoms with Crippen LogP contribution in [0.25, 0.3) is 0 Å². The quantitative estimate of drug-likeness (QED) is 0.601. The first-order valence-electron chi connectivity index (χ1n) is 6.22. The molecular formula is C13H19ClN2O2S. The summed E-state index contributed by atoms with van der Waals surface area (Å²) in [5.41, 5.74) is 6.59. The maximum Gasteiger partial charge on any atom is 0.237 e. The summed E-state index contributed by atoms with van der Waals surface area (Å²) in [6.07, 6.45) is 3.00. The third kappa shape index (κ3) is 6.07. The zero-order valence-electron chi connectivity index (χ0n) is 10.9. The van der Waals surface area contributed by atoms with Crippen molar-refractivity contribution in [2.24, 2.45) is 0 Å². The van der Waals surface area contributed by atoms with Crippen LogP contribution in [-0.2, 0) is 15.6 Å². The molecule has 0 aliphatic carbocycles. The van der Waals surface area contributed by atoms with Crippen LogP contribution < -0.4 is 11.1 Å². The Bertz CT molecular complexity index is 466. The third-order valence-electron chi connectivity index (χ3n) is 2.53. The molecule has 1 aromatic rings. The van der Waals surface area contributed by atoms with Gasteiger partial charge in [-0.3, -0.25) is 9.00 Å². The molecule has 1 rings (SSSR count). The second kappa shape index (κ2) is 8.17. The third-order valence-corrected chi connectivity index (χ3v) is 4.18. The molecule has 0 spiro atoms. The van der Waals surface area contributed by atoms with Crippen molar-refractivity contribution in [2.75, 3.05) is 22.6 Å². The standard InChI is InChI=1S/C13H19ClN2O2S/c1-2-3-4-7-19(18)9-13(17)16-12-6-5-10(15)8-11(12)14/h5-6,8H,2-4,7,9,15H2,1H3,(H,16,17). The summed E-state index contributed by atoms with van der Waals surface area (Å²) >= 11 is 5.94. The van der Waals surface area contributed by atoms with Crippen molar-refractivity contribution >= 4 is 39.7 Å². The average molecular weight is 303 g/mol. The van der Waals surface area contributed by atoms with Crippen molar-refractivity contribution in [3.05, 3.63) is 23.2 Å². The van der Waals surface area contributed by atoms with E-state index in [0.29, 0.717) is 22.2 Å². The fourth-order valence-corrected chi connectivity index (χ4v) is 2.82. The van der Waals surface area contributed by atoms with Crippen molar-refractivity contribution in [1.29, 1.82) is 0 Å². The highest BCUT2D eigenvalue weighted by molar-refractivity contribution is 7.85. The van der Waals surface area contributed by atoms with E-state index in [-0.39, 0.29) is 11.7 Å². The summed E-state index contributed by atoms with van der Waals surface area (Å²) in [5.74, 6) is 0.280. The van der Waals surface area contributed by atoms with Crippen molar-refractivity contribution < 1.29 is 9.00 Å². The van der Waals surface area contributed by atoms with Crippen LogP contribution in [0.1, 0.15) is 26.2 Å². The summed E-state index contributed by atoms with van der Waals surface area (Å²) in [5, 5.41) is 3.02. The Kier molecular flexibility index (Phi) is 6.87. The van der Waals surface area contributed by atoms with Crippen LogP contribution >= 0.6 is 11.6 Å². The maximum absolute atomic E-state index is 11.7. The second-order valence-corrected chi connectivity index (χ2v) is 6.27. The molecule has 4 nitrogen and oxygen atoms in total. The molecule has 0 aliphatic rings. The lowest BCUT2D eigenvalue weighted by molar-refractivity contribution is -0.113. The minimum atomic E-state index is -1.12. The number of amides is 1. The first-order valence-corrected chi connectivity index (χ1v) is 8.09. The molecule has 1 atom stereocenters. The molecule has 0 fully saturated rings. The van der Waals surface area contributed by atoms with Gasteiger partial charge in [0.15, 0.2) is 0 Å². The van der Waals surface area contributed by atoms with Crippen LogP contribution in [0, 0.1) is 0 Å². The number of unbranched alkanes of at least 4 members (excludes halogenated alkanes) is 2. The number of carbonyl (C=O) groups is 1. The number of benzene rings is 1. The van der Waals surface area contributed by atoms with Gasteiger partial charge < -0.3 is 11.1 Å². The van der Waals surface area contributed by atoms with Crippen LogP contribution in [0.5, 0.6) is 0 Å². The number of rotatable bonds is 7. The van der Waals surface area contributed by atoms with Gasteiger partial charge in [0.05, 0.1) is 10.7 Å². The molecule has 0 aliphatic heterocycles. The van der Waals surface area contributed by atoms with Gasteiger partial charge in [-0.25, -0.2) is 0 Å². The predicted molar refractivity (Wildman–Crippen MR) is 81.9 cm³/mol. The van der Waals surface area contributed by atoms with E-state index in [0.717, 1.165) is 19.3 Å². The van der Waals surface area contributed by atoms with Crippen LogP contribution in [0.15, 0.2) is 18.2 Å². The molecule has 0 aromatic heterocycles. The van der Waals surface area contributed by atoms with Crippen molar-refractivity contribution in [3.63, 3.8) is 0 Å². The van der Waals surface area contributed by atoms with E-state index in [2.05, 4.69) is 12.2 Å². The summed E-state index contributed by atoms with van der Waals surface area (Å²) in [4.78, 5) is 11.7. The number of nitrogen functional groups attached to an aromatic ring is 1. The van der Waals surface area contributed by atoms with Gasteiger partial charge in [-0.05, 0) is 24.6 Å². The van der Waals surface area contributed by atoms with Crippen LogP contribution in [0.4, 0.5) is 11.4 Å². The van der Waals surface area contributed by atoms with Crippen molar-refractivity contribution in [3.8, 4) is 0 Å². The van der Waals surface area contributed by atoms with E-state index in [1.165, 1.54) is 0 Å². The SMILES string of the molecule is CCCCCS(=O)CC(=O)Nc1ccc(N)cc1Cl. The lowest BCUT2D eigenvalue weighted by Crippen LogP contribution is -2.21. The Morgan fingerprint density at radius 2 is 2.16 bits per heavy atom. The first kappa shape index (κ1) is 16.0. The molecule has 6 heteroatoms. The monoisotopic (exact) mass is 302 g/mol. The lowest BCUT2D eigenvalue weighted by atomic mass is 10.3. The second-order valence-electron chi connectivity index (χ2n) is 4.28. The molecule has 1 amide bonds. The molecular weight excluding hydrogens is 284 g/mol. The van der Waals surface area contributed by atoms with Gasteiger partial charge in [0.2, 0.25) is 5.91 Å². The van der Waals surface area contributed by atoms with E-state index in [9.17, 15) is 9.00 Å². The Hall–Kier alpha value is -1.07. The molecule has 0 radical (unpaired) electrons.